The Labute approximate surface area is 139 Å². The van der Waals surface area contributed by atoms with Gasteiger partial charge in [0.25, 0.3) is 0 Å². The number of ether oxygens (including phenoxy) is 1. The summed E-state index contributed by atoms with van der Waals surface area (Å²) < 4.78 is 6.98. The van der Waals surface area contributed by atoms with Crippen LogP contribution in [0.15, 0.2) is 51.8 Å². The van der Waals surface area contributed by atoms with Crippen molar-refractivity contribution in [2.24, 2.45) is 5.73 Å². The minimum atomic E-state index is 0.209. The maximum atomic E-state index is 6.02. The van der Waals surface area contributed by atoms with Gasteiger partial charge in [-0.05, 0) is 64.9 Å². The maximum Gasteiger partial charge on any atom is 0.141 e. The number of para-hydroxylation sites is 1. The van der Waals surface area contributed by atoms with Crippen molar-refractivity contribution in [1.29, 1.82) is 0 Å². The molecular formula is C17H20BrNOS. The molecule has 0 bridgehead atoms. The summed E-state index contributed by atoms with van der Waals surface area (Å²) in [7, 11) is 0. The third-order valence-corrected chi connectivity index (χ3v) is 4.70. The van der Waals surface area contributed by atoms with Crippen LogP contribution in [0, 0.1) is 0 Å². The largest absolute Gasteiger partial charge is 0.455 e. The number of benzene rings is 2. The topological polar surface area (TPSA) is 35.2 Å². The summed E-state index contributed by atoms with van der Waals surface area (Å²) >= 11 is 5.27. The molecule has 2 rings (SSSR count). The van der Waals surface area contributed by atoms with Crippen LogP contribution in [0.5, 0.6) is 11.5 Å². The Morgan fingerprint density at radius 1 is 1.19 bits per heavy atom. The monoisotopic (exact) mass is 365 g/mol. The van der Waals surface area contributed by atoms with E-state index in [1.165, 1.54) is 5.56 Å². The van der Waals surface area contributed by atoms with Crippen LogP contribution in [0.1, 0.15) is 18.9 Å². The first-order chi connectivity index (χ1) is 10.1. The summed E-state index contributed by atoms with van der Waals surface area (Å²) in [4.78, 5) is 1.13. The molecule has 0 amide bonds. The van der Waals surface area contributed by atoms with E-state index in [-0.39, 0.29) is 6.04 Å². The Kier molecular flexibility index (Phi) is 6.15. The van der Waals surface area contributed by atoms with Crippen LogP contribution < -0.4 is 10.5 Å². The van der Waals surface area contributed by atoms with Gasteiger partial charge in [0.2, 0.25) is 0 Å². The van der Waals surface area contributed by atoms with Gasteiger partial charge in [0.1, 0.15) is 11.5 Å². The maximum absolute atomic E-state index is 6.02. The quantitative estimate of drug-likeness (QED) is 0.710. The van der Waals surface area contributed by atoms with E-state index in [0.29, 0.717) is 0 Å². The third-order valence-electron chi connectivity index (χ3n) is 3.31. The zero-order chi connectivity index (χ0) is 15.2. The third kappa shape index (κ3) is 4.50. The van der Waals surface area contributed by atoms with Crippen LogP contribution in [-0.4, -0.2) is 12.3 Å². The fourth-order valence-corrected chi connectivity index (χ4v) is 3.06. The molecule has 0 fully saturated rings. The Balaban J connectivity index is 2.17. The van der Waals surface area contributed by atoms with E-state index in [1.807, 2.05) is 30.5 Å². The van der Waals surface area contributed by atoms with Crippen molar-refractivity contribution >= 4 is 27.7 Å². The highest BCUT2D eigenvalue weighted by Crippen LogP contribution is 2.35. The van der Waals surface area contributed by atoms with E-state index < -0.39 is 0 Å². The van der Waals surface area contributed by atoms with Gasteiger partial charge < -0.3 is 10.5 Å². The molecule has 1 atom stereocenters. The highest BCUT2D eigenvalue weighted by molar-refractivity contribution is 9.10. The van der Waals surface area contributed by atoms with Gasteiger partial charge in [0.15, 0.2) is 0 Å². The molecule has 0 heterocycles. The Hall–Kier alpha value is -0.970. The fourth-order valence-electron chi connectivity index (χ4n) is 2.02. The Bertz CT molecular complexity index is 603. The molecule has 21 heavy (non-hydrogen) atoms. The van der Waals surface area contributed by atoms with Gasteiger partial charge in [-0.3, -0.25) is 0 Å². The fraction of sp³-hybridized carbons (Fsp3) is 0.294. The van der Waals surface area contributed by atoms with Crippen molar-refractivity contribution in [2.45, 2.75) is 30.7 Å². The van der Waals surface area contributed by atoms with Crippen molar-refractivity contribution < 1.29 is 4.74 Å². The lowest BCUT2D eigenvalue weighted by Gasteiger charge is -2.13. The number of thioether (sulfide) groups is 1. The summed E-state index contributed by atoms with van der Waals surface area (Å²) in [5, 5.41) is 0. The van der Waals surface area contributed by atoms with Crippen LogP contribution in [0.3, 0.4) is 0 Å². The van der Waals surface area contributed by atoms with Crippen molar-refractivity contribution in [3.63, 3.8) is 0 Å². The molecular weight excluding hydrogens is 346 g/mol. The van der Waals surface area contributed by atoms with Crippen LogP contribution in [0.4, 0.5) is 0 Å². The summed E-state index contributed by atoms with van der Waals surface area (Å²) in [6.45, 7) is 2.11. The number of halogens is 1. The van der Waals surface area contributed by atoms with Crippen molar-refractivity contribution in [1.82, 2.24) is 0 Å². The first kappa shape index (κ1) is 16.4. The minimum absolute atomic E-state index is 0.209. The van der Waals surface area contributed by atoms with Gasteiger partial charge >= 0.3 is 0 Å². The average molecular weight is 366 g/mol. The molecule has 0 aromatic heterocycles. The van der Waals surface area contributed by atoms with Crippen molar-refractivity contribution in [3.05, 3.63) is 52.5 Å². The second-order valence-electron chi connectivity index (χ2n) is 4.89. The molecule has 0 saturated heterocycles. The zero-order valence-electron chi connectivity index (χ0n) is 12.3. The standard InChI is InChI=1S/C17H20BrNOS/c1-3-13(19)10-12-8-9-15(14(18)11-12)20-16-6-4-5-7-17(16)21-2/h4-9,11,13H,3,10,19H2,1-2H3. The molecule has 0 radical (unpaired) electrons. The summed E-state index contributed by atoms with van der Waals surface area (Å²) in [6, 6.07) is 14.4. The van der Waals surface area contributed by atoms with E-state index in [0.717, 1.165) is 33.7 Å². The molecule has 0 aliphatic heterocycles. The van der Waals surface area contributed by atoms with E-state index >= 15 is 0 Å². The molecule has 0 aliphatic rings. The molecule has 2 nitrogen and oxygen atoms in total. The van der Waals surface area contributed by atoms with E-state index in [1.54, 1.807) is 11.8 Å². The highest BCUT2D eigenvalue weighted by atomic mass is 79.9. The lowest BCUT2D eigenvalue weighted by atomic mass is 10.0. The average Bonchev–Trinajstić information content (AvgIpc) is 2.50. The van der Waals surface area contributed by atoms with Crippen LogP contribution >= 0.6 is 27.7 Å². The van der Waals surface area contributed by atoms with Gasteiger partial charge in [-0.25, -0.2) is 0 Å². The van der Waals surface area contributed by atoms with E-state index in [9.17, 15) is 0 Å². The SMILES string of the molecule is CCC(N)Cc1ccc(Oc2ccccc2SC)c(Br)c1. The number of hydrogen-bond donors (Lipinski definition) is 1. The van der Waals surface area contributed by atoms with Gasteiger partial charge in [-0.2, -0.15) is 0 Å². The van der Waals surface area contributed by atoms with E-state index in [2.05, 4.69) is 41.1 Å². The molecule has 0 saturated carbocycles. The van der Waals surface area contributed by atoms with Crippen molar-refractivity contribution in [3.8, 4) is 11.5 Å². The smallest absolute Gasteiger partial charge is 0.141 e. The van der Waals surface area contributed by atoms with Gasteiger partial charge in [-0.1, -0.05) is 25.1 Å². The van der Waals surface area contributed by atoms with Crippen molar-refractivity contribution in [2.75, 3.05) is 6.26 Å². The molecule has 2 N–H and O–H groups in total. The second kappa shape index (κ2) is 7.87. The second-order valence-corrected chi connectivity index (χ2v) is 6.59. The predicted molar refractivity (Wildman–Crippen MR) is 94.4 cm³/mol. The van der Waals surface area contributed by atoms with Crippen LogP contribution in [0.25, 0.3) is 0 Å². The van der Waals surface area contributed by atoms with Crippen LogP contribution in [-0.2, 0) is 6.42 Å². The van der Waals surface area contributed by atoms with Gasteiger partial charge in [0.05, 0.1) is 4.47 Å². The molecule has 1 unspecified atom stereocenters. The van der Waals surface area contributed by atoms with Gasteiger partial charge in [-0.15, -0.1) is 11.8 Å². The molecule has 2 aromatic rings. The Morgan fingerprint density at radius 3 is 2.62 bits per heavy atom. The summed E-state index contributed by atoms with van der Waals surface area (Å²) in [5.41, 5.74) is 7.23. The summed E-state index contributed by atoms with van der Waals surface area (Å²) in [6.07, 6.45) is 3.92. The number of hydrogen-bond acceptors (Lipinski definition) is 3. The highest BCUT2D eigenvalue weighted by Gasteiger charge is 2.09. The van der Waals surface area contributed by atoms with Gasteiger partial charge in [0, 0.05) is 10.9 Å². The lowest BCUT2D eigenvalue weighted by Crippen LogP contribution is -2.21. The first-order valence-corrected chi connectivity index (χ1v) is 9.00. The predicted octanol–water partition coefficient (Wildman–Crippen LogP) is 5.24. The molecule has 4 heteroatoms. The minimum Gasteiger partial charge on any atom is -0.455 e. The molecule has 0 aliphatic carbocycles. The number of rotatable bonds is 6. The number of nitrogens with two attached hydrogens (primary N) is 1. The first-order valence-electron chi connectivity index (χ1n) is 6.99. The van der Waals surface area contributed by atoms with E-state index in [4.69, 9.17) is 10.5 Å². The summed E-state index contributed by atoms with van der Waals surface area (Å²) in [5.74, 6) is 1.70. The molecule has 112 valence electrons. The lowest BCUT2D eigenvalue weighted by molar-refractivity contribution is 0.468. The molecule has 0 spiro atoms. The normalized spacial score (nSPS) is 12.2. The van der Waals surface area contributed by atoms with Crippen LogP contribution in [0.2, 0.25) is 0 Å². The Morgan fingerprint density at radius 2 is 1.95 bits per heavy atom. The zero-order valence-corrected chi connectivity index (χ0v) is 14.7. The molecule has 2 aromatic carbocycles.